The highest BCUT2D eigenvalue weighted by Crippen LogP contribution is 2.43. The van der Waals surface area contributed by atoms with Gasteiger partial charge in [0.1, 0.15) is 11.5 Å². The third kappa shape index (κ3) is 3.61. The van der Waals surface area contributed by atoms with E-state index in [1.165, 1.54) is 5.56 Å². The molecule has 0 radical (unpaired) electrons. The van der Waals surface area contributed by atoms with Crippen LogP contribution in [0.2, 0.25) is 0 Å². The van der Waals surface area contributed by atoms with E-state index in [4.69, 9.17) is 4.42 Å². The maximum atomic E-state index is 12.1. The van der Waals surface area contributed by atoms with Gasteiger partial charge in [0.25, 0.3) is 0 Å². The lowest BCUT2D eigenvalue weighted by molar-refractivity contribution is -0.120. The summed E-state index contributed by atoms with van der Waals surface area (Å²) in [7, 11) is 0. The van der Waals surface area contributed by atoms with Crippen LogP contribution in [0, 0.1) is 12.8 Å². The van der Waals surface area contributed by atoms with Gasteiger partial charge in [-0.3, -0.25) is 4.79 Å². The fourth-order valence-corrected chi connectivity index (χ4v) is 4.24. The van der Waals surface area contributed by atoms with Crippen LogP contribution in [0.4, 0.5) is 0 Å². The SMILES string of the molecule is C=CC[C@@H]1C(=O)CC[C@H]1c1oc(SCc2ccccc2)cc1C. The average molecular weight is 326 g/mol. The maximum Gasteiger partial charge on any atom is 0.161 e. The number of Topliss-reactive ketones (excluding diaryl/α,β-unsaturated/α-hetero) is 1. The van der Waals surface area contributed by atoms with Gasteiger partial charge >= 0.3 is 0 Å². The molecule has 3 heteroatoms. The van der Waals surface area contributed by atoms with Gasteiger partial charge in [-0.2, -0.15) is 0 Å². The summed E-state index contributed by atoms with van der Waals surface area (Å²) in [5.74, 6) is 2.51. The summed E-state index contributed by atoms with van der Waals surface area (Å²) in [6.07, 6.45) is 4.16. The molecule has 1 saturated carbocycles. The Morgan fingerprint density at radius 1 is 1.35 bits per heavy atom. The molecule has 1 aromatic heterocycles. The van der Waals surface area contributed by atoms with Crippen LogP contribution < -0.4 is 0 Å². The van der Waals surface area contributed by atoms with Crippen molar-refractivity contribution >= 4 is 17.5 Å². The smallest absolute Gasteiger partial charge is 0.161 e. The van der Waals surface area contributed by atoms with Crippen molar-refractivity contribution < 1.29 is 9.21 Å². The number of rotatable bonds is 6. The van der Waals surface area contributed by atoms with Crippen molar-refractivity contribution in [2.24, 2.45) is 5.92 Å². The highest BCUT2D eigenvalue weighted by molar-refractivity contribution is 7.98. The molecule has 1 heterocycles. The Morgan fingerprint density at radius 3 is 2.87 bits per heavy atom. The van der Waals surface area contributed by atoms with Crippen LogP contribution >= 0.6 is 11.8 Å². The predicted octanol–water partition coefficient (Wildman–Crippen LogP) is 5.52. The number of thioether (sulfide) groups is 1. The van der Waals surface area contributed by atoms with Crippen LogP contribution in [0.5, 0.6) is 0 Å². The number of allylic oxidation sites excluding steroid dienone is 1. The number of carbonyl (C=O) groups is 1. The number of carbonyl (C=O) groups excluding carboxylic acids is 1. The molecule has 0 bridgehead atoms. The van der Waals surface area contributed by atoms with E-state index in [1.807, 2.05) is 12.1 Å². The minimum Gasteiger partial charge on any atom is -0.454 e. The van der Waals surface area contributed by atoms with Gasteiger partial charge in [-0.05, 0) is 37.0 Å². The molecule has 2 aromatic rings. The largest absolute Gasteiger partial charge is 0.454 e. The first-order valence-corrected chi connectivity index (χ1v) is 9.08. The van der Waals surface area contributed by atoms with Crippen molar-refractivity contribution in [1.82, 2.24) is 0 Å². The number of benzene rings is 1. The van der Waals surface area contributed by atoms with Gasteiger partial charge in [-0.1, -0.05) is 48.2 Å². The van der Waals surface area contributed by atoms with E-state index in [0.717, 1.165) is 35.0 Å². The molecule has 2 nitrogen and oxygen atoms in total. The summed E-state index contributed by atoms with van der Waals surface area (Å²) in [4.78, 5) is 12.1. The Labute approximate surface area is 142 Å². The fraction of sp³-hybridized carbons (Fsp3) is 0.350. The van der Waals surface area contributed by atoms with Gasteiger partial charge in [0, 0.05) is 24.0 Å². The van der Waals surface area contributed by atoms with Gasteiger partial charge in [0.2, 0.25) is 0 Å². The monoisotopic (exact) mass is 326 g/mol. The topological polar surface area (TPSA) is 30.2 Å². The molecule has 0 unspecified atom stereocenters. The Hall–Kier alpha value is -1.74. The second-order valence-corrected chi connectivity index (χ2v) is 7.11. The van der Waals surface area contributed by atoms with Crippen molar-refractivity contribution in [3.05, 3.63) is 65.9 Å². The minimum absolute atomic E-state index is 0.0457. The van der Waals surface area contributed by atoms with E-state index >= 15 is 0 Å². The van der Waals surface area contributed by atoms with Crippen LogP contribution in [0.1, 0.15) is 42.1 Å². The zero-order valence-electron chi connectivity index (χ0n) is 13.5. The maximum absolute atomic E-state index is 12.1. The summed E-state index contributed by atoms with van der Waals surface area (Å²) >= 11 is 1.71. The summed E-state index contributed by atoms with van der Waals surface area (Å²) in [5, 5.41) is 0.943. The van der Waals surface area contributed by atoms with Crippen LogP contribution in [0.25, 0.3) is 0 Å². The molecule has 0 saturated heterocycles. The number of hydrogen-bond donors (Lipinski definition) is 0. The molecule has 1 aliphatic carbocycles. The molecule has 0 amide bonds. The van der Waals surface area contributed by atoms with Gasteiger partial charge in [-0.15, -0.1) is 6.58 Å². The standard InChI is InChI=1S/C20H22O2S/c1-3-7-16-17(10-11-18(16)21)20-14(2)12-19(22-20)23-13-15-8-5-4-6-9-15/h3-6,8-9,12,16-17H,1,7,10-11,13H2,2H3/t16-,17+/m0/s1. The van der Waals surface area contributed by atoms with Crippen molar-refractivity contribution in [3.8, 4) is 0 Å². The second kappa shape index (κ2) is 7.22. The van der Waals surface area contributed by atoms with Crippen LogP contribution in [-0.4, -0.2) is 5.78 Å². The molecule has 0 N–H and O–H groups in total. The lowest BCUT2D eigenvalue weighted by Crippen LogP contribution is -2.12. The number of furan rings is 1. The van der Waals surface area contributed by atoms with Crippen molar-refractivity contribution in [2.45, 2.75) is 42.9 Å². The molecule has 2 atom stereocenters. The zero-order chi connectivity index (χ0) is 16.2. The fourth-order valence-electron chi connectivity index (χ4n) is 3.33. The first-order chi connectivity index (χ1) is 11.2. The quantitative estimate of drug-likeness (QED) is 0.517. The predicted molar refractivity (Wildman–Crippen MR) is 94.7 cm³/mol. The molecule has 1 aromatic carbocycles. The van der Waals surface area contributed by atoms with Gasteiger partial charge < -0.3 is 4.42 Å². The van der Waals surface area contributed by atoms with E-state index in [9.17, 15) is 4.79 Å². The number of aryl methyl sites for hydroxylation is 1. The van der Waals surface area contributed by atoms with Crippen LogP contribution in [-0.2, 0) is 10.5 Å². The third-order valence-electron chi connectivity index (χ3n) is 4.52. The highest BCUT2D eigenvalue weighted by Gasteiger charge is 2.37. The van der Waals surface area contributed by atoms with E-state index in [-0.39, 0.29) is 11.8 Å². The Kier molecular flexibility index (Phi) is 5.06. The second-order valence-electron chi connectivity index (χ2n) is 6.13. The first kappa shape index (κ1) is 16.1. The summed E-state index contributed by atoms with van der Waals surface area (Å²) in [5.41, 5.74) is 2.45. The molecule has 0 spiro atoms. The lowest BCUT2D eigenvalue weighted by atomic mass is 9.89. The molecule has 3 rings (SSSR count). The molecule has 23 heavy (non-hydrogen) atoms. The summed E-state index contributed by atoms with van der Waals surface area (Å²) in [6, 6.07) is 12.5. The number of hydrogen-bond acceptors (Lipinski definition) is 3. The van der Waals surface area contributed by atoms with E-state index in [2.05, 4.69) is 43.8 Å². The van der Waals surface area contributed by atoms with Crippen molar-refractivity contribution in [3.63, 3.8) is 0 Å². The van der Waals surface area contributed by atoms with E-state index in [0.29, 0.717) is 12.2 Å². The Morgan fingerprint density at radius 2 is 2.13 bits per heavy atom. The van der Waals surface area contributed by atoms with Crippen molar-refractivity contribution in [1.29, 1.82) is 0 Å². The molecule has 0 aliphatic heterocycles. The van der Waals surface area contributed by atoms with Crippen molar-refractivity contribution in [2.75, 3.05) is 0 Å². The van der Waals surface area contributed by atoms with Crippen LogP contribution in [0.3, 0.4) is 0 Å². The van der Waals surface area contributed by atoms with Gasteiger partial charge in [0.15, 0.2) is 5.09 Å². The molecular weight excluding hydrogens is 304 g/mol. The van der Waals surface area contributed by atoms with Gasteiger partial charge in [-0.25, -0.2) is 0 Å². The van der Waals surface area contributed by atoms with E-state index in [1.54, 1.807) is 11.8 Å². The molecule has 1 fully saturated rings. The third-order valence-corrected chi connectivity index (χ3v) is 5.48. The normalized spacial score (nSPS) is 20.8. The molecule has 120 valence electrons. The Balaban J connectivity index is 1.73. The molecular formula is C20H22O2S. The average Bonchev–Trinajstić information content (AvgIpc) is 3.10. The summed E-state index contributed by atoms with van der Waals surface area (Å²) in [6.45, 7) is 5.87. The summed E-state index contributed by atoms with van der Waals surface area (Å²) < 4.78 is 6.12. The zero-order valence-corrected chi connectivity index (χ0v) is 14.3. The first-order valence-electron chi connectivity index (χ1n) is 8.09. The minimum atomic E-state index is 0.0457. The lowest BCUT2D eigenvalue weighted by Gasteiger charge is -2.15. The number of ketones is 1. The highest BCUT2D eigenvalue weighted by atomic mass is 32.2. The molecule has 1 aliphatic rings. The van der Waals surface area contributed by atoms with Gasteiger partial charge in [0.05, 0.1) is 0 Å². The van der Waals surface area contributed by atoms with Crippen LogP contribution in [0.15, 0.2) is 58.6 Å². The Bertz CT molecular complexity index is 687. The van der Waals surface area contributed by atoms with E-state index < -0.39 is 0 Å².